The average molecular weight is 243 g/mol. The highest BCUT2D eigenvalue weighted by Crippen LogP contribution is 2.20. The molecule has 1 amide bonds. The molecule has 1 heterocycles. The number of amides is 1. The molecule has 1 aliphatic rings. The molecule has 94 valence electrons. The van der Waals surface area contributed by atoms with Crippen molar-refractivity contribution >= 4 is 17.5 Å². The number of benzene rings is 1. The lowest BCUT2D eigenvalue weighted by Crippen LogP contribution is -2.28. The van der Waals surface area contributed by atoms with Crippen LogP contribution in [0.25, 0.3) is 0 Å². The molecule has 0 saturated heterocycles. The van der Waals surface area contributed by atoms with Gasteiger partial charge in [0.2, 0.25) is 5.71 Å². The fourth-order valence-electron chi connectivity index (χ4n) is 2.12. The minimum absolute atomic E-state index is 0.0174. The number of carbonyl (C=O) groups is 1. The van der Waals surface area contributed by atoms with Crippen molar-refractivity contribution in [3.05, 3.63) is 35.9 Å². The van der Waals surface area contributed by atoms with Crippen molar-refractivity contribution in [1.82, 2.24) is 0 Å². The molecule has 2 rings (SSSR count). The van der Waals surface area contributed by atoms with Crippen LogP contribution in [0.4, 0.5) is 0 Å². The van der Waals surface area contributed by atoms with Crippen molar-refractivity contribution in [1.29, 1.82) is 0 Å². The highest BCUT2D eigenvalue weighted by Gasteiger charge is 2.40. The average Bonchev–Trinajstić information content (AvgIpc) is 2.58. The van der Waals surface area contributed by atoms with E-state index in [1.165, 1.54) is 0 Å². The van der Waals surface area contributed by atoms with Gasteiger partial charge in [-0.05, 0) is 31.3 Å². The molecule has 3 nitrogen and oxygen atoms in total. The lowest BCUT2D eigenvalue weighted by Gasteiger charge is -2.10. The van der Waals surface area contributed by atoms with E-state index in [4.69, 9.17) is 0 Å². The van der Waals surface area contributed by atoms with Gasteiger partial charge < -0.3 is 0 Å². The Hall–Kier alpha value is -1.77. The predicted molar refractivity (Wildman–Crippen MR) is 73.2 cm³/mol. The van der Waals surface area contributed by atoms with Gasteiger partial charge >= 0.3 is 11.7 Å². The molecule has 0 fully saturated rings. The van der Waals surface area contributed by atoms with Gasteiger partial charge in [0, 0.05) is 6.42 Å². The van der Waals surface area contributed by atoms with Gasteiger partial charge in [0.05, 0.1) is 12.5 Å². The van der Waals surface area contributed by atoms with Crippen LogP contribution >= 0.6 is 0 Å². The molecule has 0 radical (unpaired) electrons. The zero-order valence-electron chi connectivity index (χ0n) is 11.4. The number of amidine groups is 1. The number of aliphatic imine (C=N–C) groups is 1. The lowest BCUT2D eigenvalue weighted by atomic mass is 9.95. The van der Waals surface area contributed by atoms with Crippen LogP contribution in [0, 0.1) is 5.41 Å². The SMILES string of the molecule is C[N+]1=C(C(C)(C)C)N=C(Cc2ccccc2)C1=O. The highest BCUT2D eigenvalue weighted by atomic mass is 16.2. The quantitative estimate of drug-likeness (QED) is 0.733. The zero-order chi connectivity index (χ0) is 13.3. The Labute approximate surface area is 108 Å². The molecular formula is C15H19N2O+. The fourth-order valence-corrected chi connectivity index (χ4v) is 2.12. The van der Waals surface area contributed by atoms with Crippen LogP contribution in [-0.2, 0) is 11.2 Å². The molecule has 0 unspecified atom stereocenters. The molecule has 0 aliphatic carbocycles. The molecule has 0 atom stereocenters. The summed E-state index contributed by atoms with van der Waals surface area (Å²) < 4.78 is 1.66. The highest BCUT2D eigenvalue weighted by molar-refractivity contribution is 6.40. The van der Waals surface area contributed by atoms with E-state index in [0.29, 0.717) is 12.1 Å². The molecule has 0 saturated carbocycles. The number of rotatable bonds is 2. The summed E-state index contributed by atoms with van der Waals surface area (Å²) >= 11 is 0. The van der Waals surface area contributed by atoms with E-state index in [2.05, 4.69) is 25.8 Å². The summed E-state index contributed by atoms with van der Waals surface area (Å²) in [6.45, 7) is 6.21. The first-order chi connectivity index (χ1) is 8.39. The van der Waals surface area contributed by atoms with Crippen molar-refractivity contribution in [3.8, 4) is 0 Å². The Morgan fingerprint density at radius 2 is 1.78 bits per heavy atom. The van der Waals surface area contributed by atoms with Gasteiger partial charge in [-0.2, -0.15) is 4.58 Å². The van der Waals surface area contributed by atoms with Crippen molar-refractivity contribution < 1.29 is 9.37 Å². The molecule has 0 N–H and O–H groups in total. The Morgan fingerprint density at radius 3 is 2.28 bits per heavy atom. The summed E-state index contributed by atoms with van der Waals surface area (Å²) in [4.78, 5) is 16.7. The zero-order valence-corrected chi connectivity index (χ0v) is 11.4. The maximum absolute atomic E-state index is 12.1. The second kappa shape index (κ2) is 4.48. The topological polar surface area (TPSA) is 32.4 Å². The van der Waals surface area contributed by atoms with Gasteiger partial charge in [0.1, 0.15) is 0 Å². The van der Waals surface area contributed by atoms with Gasteiger partial charge in [-0.1, -0.05) is 30.3 Å². The van der Waals surface area contributed by atoms with Gasteiger partial charge in [0.15, 0.2) is 0 Å². The minimum Gasteiger partial charge on any atom is -0.237 e. The lowest BCUT2D eigenvalue weighted by molar-refractivity contribution is -0.412. The largest absolute Gasteiger partial charge is 0.381 e. The van der Waals surface area contributed by atoms with Crippen LogP contribution in [-0.4, -0.2) is 29.1 Å². The standard InChI is InChI=1S/C15H19N2O/c1-15(2,3)14-16-12(13(18)17(14)4)10-11-8-6-5-7-9-11/h5-9H,10H2,1-4H3/q+1. The molecule has 0 bridgehead atoms. The number of nitrogens with zero attached hydrogens (tertiary/aromatic N) is 2. The molecular weight excluding hydrogens is 224 g/mol. The Bertz CT molecular complexity index is 533. The monoisotopic (exact) mass is 243 g/mol. The second-order valence-corrected chi connectivity index (χ2v) is 5.66. The molecule has 1 aromatic carbocycles. The first-order valence-electron chi connectivity index (χ1n) is 6.16. The van der Waals surface area contributed by atoms with Crippen LogP contribution in [0.3, 0.4) is 0 Å². The van der Waals surface area contributed by atoms with Gasteiger partial charge in [-0.15, -0.1) is 0 Å². The van der Waals surface area contributed by atoms with Crippen LogP contribution < -0.4 is 0 Å². The van der Waals surface area contributed by atoms with Crippen LogP contribution in [0.2, 0.25) is 0 Å². The normalized spacial score (nSPS) is 16.2. The summed E-state index contributed by atoms with van der Waals surface area (Å²) in [6, 6.07) is 9.97. The van der Waals surface area contributed by atoms with Crippen molar-refractivity contribution in [2.75, 3.05) is 7.05 Å². The number of carbonyl (C=O) groups excluding carboxylic acids is 1. The van der Waals surface area contributed by atoms with Crippen molar-refractivity contribution in [3.63, 3.8) is 0 Å². The molecule has 0 aromatic heterocycles. The summed E-state index contributed by atoms with van der Waals surface area (Å²) in [5, 5.41) is 0. The summed E-state index contributed by atoms with van der Waals surface area (Å²) in [7, 11) is 1.80. The summed E-state index contributed by atoms with van der Waals surface area (Å²) in [5.74, 6) is 0.863. The van der Waals surface area contributed by atoms with Gasteiger partial charge in [-0.3, -0.25) is 0 Å². The minimum atomic E-state index is -0.108. The molecule has 3 heteroatoms. The van der Waals surface area contributed by atoms with E-state index in [1.807, 2.05) is 30.3 Å². The predicted octanol–water partition coefficient (Wildman–Crippen LogP) is 2.30. The van der Waals surface area contributed by atoms with Gasteiger partial charge in [0.25, 0.3) is 0 Å². The summed E-state index contributed by atoms with van der Waals surface area (Å²) in [5.41, 5.74) is 1.64. The van der Waals surface area contributed by atoms with E-state index in [0.717, 1.165) is 11.4 Å². The van der Waals surface area contributed by atoms with Crippen LogP contribution in [0.1, 0.15) is 26.3 Å². The third kappa shape index (κ3) is 2.40. The fraction of sp³-hybridized carbons (Fsp3) is 0.400. The molecule has 1 aromatic rings. The smallest absolute Gasteiger partial charge is 0.237 e. The van der Waals surface area contributed by atoms with E-state index in [9.17, 15) is 4.79 Å². The van der Waals surface area contributed by atoms with E-state index in [-0.39, 0.29) is 11.3 Å². The van der Waals surface area contributed by atoms with Gasteiger partial charge in [-0.25, -0.2) is 4.79 Å². The third-order valence-electron chi connectivity index (χ3n) is 3.00. The van der Waals surface area contributed by atoms with Crippen molar-refractivity contribution in [2.45, 2.75) is 27.2 Å². The van der Waals surface area contributed by atoms with E-state index < -0.39 is 0 Å². The Kier molecular flexibility index (Phi) is 3.16. The number of hydrogen-bond acceptors (Lipinski definition) is 2. The molecule has 18 heavy (non-hydrogen) atoms. The second-order valence-electron chi connectivity index (χ2n) is 5.66. The first kappa shape index (κ1) is 12.7. The van der Waals surface area contributed by atoms with E-state index in [1.54, 1.807) is 11.6 Å². The molecule has 0 spiro atoms. The summed E-state index contributed by atoms with van der Waals surface area (Å²) in [6.07, 6.45) is 0.601. The van der Waals surface area contributed by atoms with Crippen LogP contribution in [0.5, 0.6) is 0 Å². The Morgan fingerprint density at radius 1 is 1.17 bits per heavy atom. The third-order valence-corrected chi connectivity index (χ3v) is 3.00. The first-order valence-corrected chi connectivity index (χ1v) is 6.16. The maximum atomic E-state index is 12.1. The van der Waals surface area contributed by atoms with Crippen LogP contribution in [0.15, 0.2) is 35.3 Å². The Balaban J connectivity index is 2.26. The van der Waals surface area contributed by atoms with E-state index >= 15 is 0 Å². The van der Waals surface area contributed by atoms with Crippen molar-refractivity contribution in [2.24, 2.45) is 10.4 Å². The number of hydrogen-bond donors (Lipinski definition) is 0. The molecule has 1 aliphatic heterocycles. The maximum Gasteiger partial charge on any atom is 0.381 e.